The minimum Gasteiger partial charge on any atom is -0.380 e. The Balaban J connectivity index is 0.000000371. The topological polar surface area (TPSA) is 3.24 Å². The maximum absolute atomic E-state index is 2.24. The molecule has 1 aliphatic heterocycles. The zero-order valence-electron chi connectivity index (χ0n) is 7.81. The fourth-order valence-electron chi connectivity index (χ4n) is 1.08. The molecule has 0 aliphatic carbocycles. The monoisotopic (exact) mass is 141 g/mol. The van der Waals surface area contributed by atoms with Crippen LogP contribution in [0.1, 0.15) is 27.7 Å². The molecule has 0 bridgehead atoms. The summed E-state index contributed by atoms with van der Waals surface area (Å²) in [4.78, 5) is 2.21. The zero-order valence-corrected chi connectivity index (χ0v) is 7.81. The molecule has 0 unspecified atom stereocenters. The summed E-state index contributed by atoms with van der Waals surface area (Å²) in [5, 5.41) is 0. The van der Waals surface area contributed by atoms with Crippen LogP contribution in [0.25, 0.3) is 0 Å². The highest BCUT2D eigenvalue weighted by Gasteiger charge is 2.19. The summed E-state index contributed by atoms with van der Waals surface area (Å²) in [6.07, 6.45) is 4.38. The predicted octanol–water partition coefficient (Wildman–Crippen LogP) is 2.50. The lowest BCUT2D eigenvalue weighted by Crippen LogP contribution is -2.18. The van der Waals surface area contributed by atoms with Crippen LogP contribution in [0, 0.1) is 5.41 Å². The van der Waals surface area contributed by atoms with Gasteiger partial charge in [0.05, 0.1) is 0 Å². The molecular formula is C9H19N. The van der Waals surface area contributed by atoms with Crippen molar-refractivity contribution in [3.05, 3.63) is 12.3 Å². The predicted molar refractivity (Wildman–Crippen MR) is 46.9 cm³/mol. The van der Waals surface area contributed by atoms with Crippen LogP contribution in [-0.2, 0) is 0 Å². The minimum absolute atomic E-state index is 0.411. The first-order valence-corrected chi connectivity index (χ1v) is 4.00. The number of hydrogen-bond acceptors (Lipinski definition) is 1. The SMILES string of the molecule is CC.CN1C=CC(C)(C)C1. The van der Waals surface area contributed by atoms with Crippen LogP contribution in [0.4, 0.5) is 0 Å². The van der Waals surface area contributed by atoms with E-state index < -0.39 is 0 Å². The summed E-state index contributed by atoms with van der Waals surface area (Å²) in [6, 6.07) is 0. The highest BCUT2D eigenvalue weighted by molar-refractivity contribution is 5.02. The summed E-state index contributed by atoms with van der Waals surface area (Å²) < 4.78 is 0. The van der Waals surface area contributed by atoms with Crippen LogP contribution in [0.15, 0.2) is 12.3 Å². The molecular weight excluding hydrogens is 122 g/mol. The third-order valence-corrected chi connectivity index (χ3v) is 1.44. The van der Waals surface area contributed by atoms with Gasteiger partial charge in [-0.25, -0.2) is 0 Å². The van der Waals surface area contributed by atoms with Crippen LogP contribution in [-0.4, -0.2) is 18.5 Å². The molecule has 1 nitrogen and oxygen atoms in total. The van der Waals surface area contributed by atoms with Gasteiger partial charge in [-0.05, 0) is 6.20 Å². The molecule has 0 N–H and O–H groups in total. The first-order chi connectivity index (χ1) is 4.60. The summed E-state index contributed by atoms with van der Waals surface area (Å²) in [7, 11) is 2.10. The van der Waals surface area contributed by atoms with Crippen molar-refractivity contribution in [2.45, 2.75) is 27.7 Å². The minimum atomic E-state index is 0.411. The van der Waals surface area contributed by atoms with Gasteiger partial charge in [-0.15, -0.1) is 0 Å². The summed E-state index contributed by atoms with van der Waals surface area (Å²) in [5.74, 6) is 0. The Morgan fingerprint density at radius 1 is 1.30 bits per heavy atom. The third kappa shape index (κ3) is 2.90. The Morgan fingerprint density at radius 2 is 1.80 bits per heavy atom. The molecule has 0 saturated heterocycles. The van der Waals surface area contributed by atoms with Gasteiger partial charge in [-0.2, -0.15) is 0 Å². The summed E-state index contributed by atoms with van der Waals surface area (Å²) in [5.41, 5.74) is 0.411. The Kier molecular flexibility index (Phi) is 3.48. The quantitative estimate of drug-likeness (QED) is 0.501. The molecule has 0 radical (unpaired) electrons. The van der Waals surface area contributed by atoms with Gasteiger partial charge in [-0.3, -0.25) is 0 Å². The van der Waals surface area contributed by atoms with E-state index in [1.54, 1.807) is 0 Å². The molecule has 0 fully saturated rings. The standard InChI is InChI=1S/C7H13N.C2H6/c1-7(2)4-5-8(3)6-7;1-2/h4-5H,6H2,1-3H3;1-2H3. The van der Waals surface area contributed by atoms with Gasteiger partial charge in [0.25, 0.3) is 0 Å². The third-order valence-electron chi connectivity index (χ3n) is 1.44. The largest absolute Gasteiger partial charge is 0.380 e. The molecule has 0 saturated carbocycles. The van der Waals surface area contributed by atoms with E-state index >= 15 is 0 Å². The molecule has 0 aromatic heterocycles. The fourth-order valence-corrected chi connectivity index (χ4v) is 1.08. The van der Waals surface area contributed by atoms with E-state index in [1.165, 1.54) is 0 Å². The van der Waals surface area contributed by atoms with Crippen LogP contribution in [0.2, 0.25) is 0 Å². The maximum atomic E-state index is 2.24. The van der Waals surface area contributed by atoms with Crippen molar-refractivity contribution in [3.63, 3.8) is 0 Å². The smallest absolute Gasteiger partial charge is 0.0255 e. The molecule has 1 rings (SSSR count). The second-order valence-electron chi connectivity index (χ2n) is 3.22. The van der Waals surface area contributed by atoms with E-state index in [1.807, 2.05) is 13.8 Å². The van der Waals surface area contributed by atoms with Crippen LogP contribution in [0.5, 0.6) is 0 Å². The summed E-state index contributed by atoms with van der Waals surface area (Å²) >= 11 is 0. The lowest BCUT2D eigenvalue weighted by Gasteiger charge is -2.16. The van der Waals surface area contributed by atoms with Gasteiger partial charge in [0.1, 0.15) is 0 Å². The molecule has 0 aromatic rings. The normalized spacial score (nSPS) is 20.3. The average molecular weight is 141 g/mol. The van der Waals surface area contributed by atoms with Gasteiger partial charge in [-0.1, -0.05) is 33.8 Å². The van der Waals surface area contributed by atoms with E-state index in [4.69, 9.17) is 0 Å². The van der Waals surface area contributed by atoms with Gasteiger partial charge in [0.2, 0.25) is 0 Å². The summed E-state index contributed by atoms with van der Waals surface area (Å²) in [6.45, 7) is 9.65. The van der Waals surface area contributed by atoms with Gasteiger partial charge < -0.3 is 4.90 Å². The number of hydrogen-bond donors (Lipinski definition) is 0. The average Bonchev–Trinajstić information content (AvgIpc) is 2.15. The molecule has 1 heterocycles. The van der Waals surface area contributed by atoms with Crippen molar-refractivity contribution in [3.8, 4) is 0 Å². The van der Waals surface area contributed by atoms with Crippen molar-refractivity contribution in [2.75, 3.05) is 13.6 Å². The Labute approximate surface area is 64.7 Å². The van der Waals surface area contributed by atoms with Crippen LogP contribution in [0.3, 0.4) is 0 Å². The van der Waals surface area contributed by atoms with Gasteiger partial charge in [0, 0.05) is 19.0 Å². The zero-order chi connectivity index (χ0) is 8.20. The molecule has 0 atom stereocenters. The fraction of sp³-hybridized carbons (Fsp3) is 0.778. The van der Waals surface area contributed by atoms with E-state index in [0.29, 0.717) is 5.41 Å². The molecule has 10 heavy (non-hydrogen) atoms. The first-order valence-electron chi connectivity index (χ1n) is 4.00. The van der Waals surface area contributed by atoms with Gasteiger partial charge >= 0.3 is 0 Å². The van der Waals surface area contributed by atoms with Crippen molar-refractivity contribution < 1.29 is 0 Å². The van der Waals surface area contributed by atoms with Crippen molar-refractivity contribution in [1.82, 2.24) is 4.90 Å². The number of nitrogens with zero attached hydrogens (tertiary/aromatic N) is 1. The Hall–Kier alpha value is -0.460. The van der Waals surface area contributed by atoms with Crippen LogP contribution >= 0.6 is 0 Å². The molecule has 0 amide bonds. The van der Waals surface area contributed by atoms with E-state index in [9.17, 15) is 0 Å². The van der Waals surface area contributed by atoms with E-state index in [0.717, 1.165) is 6.54 Å². The second kappa shape index (κ2) is 3.65. The number of rotatable bonds is 0. The maximum Gasteiger partial charge on any atom is 0.0255 e. The first kappa shape index (κ1) is 9.54. The highest BCUT2D eigenvalue weighted by atomic mass is 15.1. The second-order valence-corrected chi connectivity index (χ2v) is 3.22. The molecule has 1 aliphatic rings. The van der Waals surface area contributed by atoms with Crippen molar-refractivity contribution in [2.24, 2.45) is 5.41 Å². The van der Waals surface area contributed by atoms with Crippen molar-refractivity contribution >= 4 is 0 Å². The molecule has 60 valence electrons. The van der Waals surface area contributed by atoms with Crippen LogP contribution < -0.4 is 0 Å². The highest BCUT2D eigenvalue weighted by Crippen LogP contribution is 2.23. The van der Waals surface area contributed by atoms with E-state index in [-0.39, 0.29) is 0 Å². The lowest BCUT2D eigenvalue weighted by atomic mass is 9.96. The molecule has 0 aromatic carbocycles. The Bertz CT molecular complexity index is 114. The van der Waals surface area contributed by atoms with Crippen molar-refractivity contribution in [1.29, 1.82) is 0 Å². The molecule has 1 heteroatoms. The van der Waals surface area contributed by atoms with Gasteiger partial charge in [0.15, 0.2) is 0 Å². The molecule has 0 spiro atoms. The lowest BCUT2D eigenvalue weighted by molar-refractivity contribution is 0.363. The Morgan fingerprint density at radius 3 is 1.90 bits per heavy atom. The van der Waals surface area contributed by atoms with E-state index in [2.05, 4.69) is 38.1 Å².